The third kappa shape index (κ3) is 3.67. The minimum atomic E-state index is -0.145. The van der Waals surface area contributed by atoms with E-state index in [2.05, 4.69) is 21.8 Å². The molecule has 1 atom stereocenters. The van der Waals surface area contributed by atoms with Crippen LogP contribution in [0.25, 0.3) is 0 Å². The van der Waals surface area contributed by atoms with E-state index in [0.717, 1.165) is 24.4 Å². The van der Waals surface area contributed by atoms with E-state index in [1.54, 1.807) is 6.08 Å². The zero-order valence-corrected chi connectivity index (χ0v) is 14.5. The van der Waals surface area contributed by atoms with Gasteiger partial charge in [0.1, 0.15) is 11.7 Å². The summed E-state index contributed by atoms with van der Waals surface area (Å²) in [7, 11) is 1.90. The number of aromatic nitrogens is 3. The number of likely N-dealkylation sites (tertiary alicyclic amines) is 1. The van der Waals surface area contributed by atoms with Gasteiger partial charge >= 0.3 is 0 Å². The predicted molar refractivity (Wildman–Crippen MR) is 90.5 cm³/mol. The fourth-order valence-corrected chi connectivity index (χ4v) is 3.57. The molecule has 0 aliphatic carbocycles. The standard InChI is InChI=1S/C17H27N5O2/c1-3-6-16(23)22-10-7-14-17(18-19-20(14)2)15(22)13-24-12-11-21-8-4-5-9-21/h3,15H,1,4-13H2,2H3/t15-/m1/s1. The van der Waals surface area contributed by atoms with Crippen LogP contribution in [0.2, 0.25) is 0 Å². The van der Waals surface area contributed by atoms with E-state index in [0.29, 0.717) is 26.2 Å². The summed E-state index contributed by atoms with van der Waals surface area (Å²) in [5.41, 5.74) is 1.98. The molecule has 24 heavy (non-hydrogen) atoms. The van der Waals surface area contributed by atoms with E-state index in [1.807, 2.05) is 16.6 Å². The van der Waals surface area contributed by atoms with Gasteiger partial charge in [-0.3, -0.25) is 9.48 Å². The first-order valence-electron chi connectivity index (χ1n) is 8.79. The third-order valence-corrected chi connectivity index (χ3v) is 4.92. The second-order valence-electron chi connectivity index (χ2n) is 6.51. The Labute approximate surface area is 143 Å². The Hall–Kier alpha value is -1.73. The van der Waals surface area contributed by atoms with Crippen LogP contribution in [0.3, 0.4) is 0 Å². The Morgan fingerprint density at radius 3 is 2.92 bits per heavy atom. The molecule has 2 aliphatic heterocycles. The van der Waals surface area contributed by atoms with Crippen molar-refractivity contribution in [1.82, 2.24) is 24.8 Å². The van der Waals surface area contributed by atoms with Crippen LogP contribution in [0.5, 0.6) is 0 Å². The van der Waals surface area contributed by atoms with Gasteiger partial charge in [0.25, 0.3) is 0 Å². The molecule has 0 spiro atoms. The number of hydrogen-bond acceptors (Lipinski definition) is 5. The zero-order chi connectivity index (χ0) is 16.9. The number of carbonyl (C=O) groups is 1. The van der Waals surface area contributed by atoms with E-state index in [1.165, 1.54) is 25.9 Å². The van der Waals surface area contributed by atoms with Crippen molar-refractivity contribution in [3.8, 4) is 0 Å². The molecule has 0 unspecified atom stereocenters. The van der Waals surface area contributed by atoms with Crippen molar-refractivity contribution in [2.45, 2.75) is 31.7 Å². The Bertz CT molecular complexity index is 580. The van der Waals surface area contributed by atoms with Crippen molar-refractivity contribution in [2.75, 3.05) is 39.4 Å². The lowest BCUT2D eigenvalue weighted by Gasteiger charge is -2.34. The van der Waals surface area contributed by atoms with Crippen molar-refractivity contribution >= 4 is 5.91 Å². The predicted octanol–water partition coefficient (Wildman–Crippen LogP) is 0.929. The minimum Gasteiger partial charge on any atom is -0.378 e. The van der Waals surface area contributed by atoms with Gasteiger partial charge in [-0.05, 0) is 25.9 Å². The van der Waals surface area contributed by atoms with Gasteiger partial charge in [-0.15, -0.1) is 11.7 Å². The summed E-state index contributed by atoms with van der Waals surface area (Å²) in [6, 6.07) is -0.145. The average Bonchev–Trinajstić information content (AvgIpc) is 3.22. The topological polar surface area (TPSA) is 63.5 Å². The molecule has 1 amide bonds. The SMILES string of the molecule is C=CCC(=O)N1CCc2c(nnn2C)[C@H]1COCCN1CCCC1. The van der Waals surface area contributed by atoms with Crippen LogP contribution < -0.4 is 0 Å². The molecular weight excluding hydrogens is 306 g/mol. The van der Waals surface area contributed by atoms with E-state index in [4.69, 9.17) is 4.74 Å². The first kappa shape index (κ1) is 17.1. The molecule has 0 radical (unpaired) electrons. The summed E-state index contributed by atoms with van der Waals surface area (Å²) < 4.78 is 7.73. The molecule has 132 valence electrons. The van der Waals surface area contributed by atoms with Crippen molar-refractivity contribution < 1.29 is 9.53 Å². The third-order valence-electron chi connectivity index (χ3n) is 4.92. The maximum absolute atomic E-state index is 12.4. The van der Waals surface area contributed by atoms with Crippen LogP contribution >= 0.6 is 0 Å². The van der Waals surface area contributed by atoms with Crippen LogP contribution in [0.1, 0.15) is 36.7 Å². The van der Waals surface area contributed by atoms with Gasteiger partial charge in [-0.2, -0.15) is 0 Å². The summed E-state index contributed by atoms with van der Waals surface area (Å²) in [5, 5.41) is 8.41. The maximum atomic E-state index is 12.4. The maximum Gasteiger partial charge on any atom is 0.227 e. The second kappa shape index (κ2) is 7.90. The lowest BCUT2D eigenvalue weighted by Crippen LogP contribution is -2.42. The number of hydrogen-bond donors (Lipinski definition) is 0. The molecule has 1 saturated heterocycles. The molecule has 1 aromatic heterocycles. The molecule has 3 rings (SSSR count). The quantitative estimate of drug-likeness (QED) is 0.549. The number of carbonyl (C=O) groups excluding carboxylic acids is 1. The Morgan fingerprint density at radius 2 is 2.17 bits per heavy atom. The smallest absolute Gasteiger partial charge is 0.227 e. The van der Waals surface area contributed by atoms with E-state index < -0.39 is 0 Å². The molecule has 7 heteroatoms. The molecule has 0 N–H and O–H groups in total. The zero-order valence-electron chi connectivity index (χ0n) is 14.5. The van der Waals surface area contributed by atoms with Gasteiger partial charge in [0.05, 0.1) is 18.9 Å². The number of nitrogens with zero attached hydrogens (tertiary/aromatic N) is 5. The van der Waals surface area contributed by atoms with Gasteiger partial charge in [-0.25, -0.2) is 0 Å². The minimum absolute atomic E-state index is 0.0782. The van der Waals surface area contributed by atoms with Crippen molar-refractivity contribution in [2.24, 2.45) is 7.05 Å². The van der Waals surface area contributed by atoms with Crippen molar-refractivity contribution in [1.29, 1.82) is 0 Å². The molecule has 1 aromatic rings. The Morgan fingerprint density at radius 1 is 1.38 bits per heavy atom. The molecule has 0 aromatic carbocycles. The van der Waals surface area contributed by atoms with Gasteiger partial charge in [0.15, 0.2) is 0 Å². The molecule has 2 aliphatic rings. The summed E-state index contributed by atoms with van der Waals surface area (Å²) in [5.74, 6) is 0.0782. The highest BCUT2D eigenvalue weighted by Crippen LogP contribution is 2.28. The van der Waals surface area contributed by atoms with Gasteiger partial charge < -0.3 is 14.5 Å². The summed E-state index contributed by atoms with van der Waals surface area (Å²) in [4.78, 5) is 16.7. The van der Waals surface area contributed by atoms with Crippen LogP contribution in [0.4, 0.5) is 0 Å². The molecule has 1 fully saturated rings. The Balaban J connectivity index is 1.62. The van der Waals surface area contributed by atoms with Gasteiger partial charge in [0.2, 0.25) is 5.91 Å². The average molecular weight is 333 g/mol. The van der Waals surface area contributed by atoms with Crippen LogP contribution in [-0.2, 0) is 23.0 Å². The summed E-state index contributed by atoms with van der Waals surface area (Å²) in [6.07, 6.45) is 5.36. The van der Waals surface area contributed by atoms with Gasteiger partial charge in [0, 0.05) is 33.0 Å². The largest absolute Gasteiger partial charge is 0.378 e. The van der Waals surface area contributed by atoms with Crippen LogP contribution in [-0.4, -0.2) is 70.1 Å². The highest BCUT2D eigenvalue weighted by Gasteiger charge is 2.34. The monoisotopic (exact) mass is 333 g/mol. The fourth-order valence-electron chi connectivity index (χ4n) is 3.57. The van der Waals surface area contributed by atoms with E-state index in [-0.39, 0.29) is 11.9 Å². The molecule has 0 bridgehead atoms. The number of fused-ring (bicyclic) bond motifs is 1. The summed E-state index contributed by atoms with van der Waals surface area (Å²) >= 11 is 0. The normalized spacial score (nSPS) is 21.0. The number of ether oxygens (including phenoxy) is 1. The first-order chi connectivity index (χ1) is 11.7. The molecule has 7 nitrogen and oxygen atoms in total. The lowest BCUT2D eigenvalue weighted by molar-refractivity contribution is -0.135. The highest BCUT2D eigenvalue weighted by molar-refractivity contribution is 5.78. The molecule has 3 heterocycles. The highest BCUT2D eigenvalue weighted by atomic mass is 16.5. The number of aryl methyl sites for hydroxylation is 1. The molecular formula is C17H27N5O2. The van der Waals surface area contributed by atoms with Crippen LogP contribution in [0.15, 0.2) is 12.7 Å². The van der Waals surface area contributed by atoms with Crippen molar-refractivity contribution in [3.63, 3.8) is 0 Å². The van der Waals surface area contributed by atoms with Crippen LogP contribution in [0, 0.1) is 0 Å². The first-order valence-corrected chi connectivity index (χ1v) is 8.79. The van der Waals surface area contributed by atoms with Crippen molar-refractivity contribution in [3.05, 3.63) is 24.0 Å². The molecule has 0 saturated carbocycles. The van der Waals surface area contributed by atoms with Gasteiger partial charge in [-0.1, -0.05) is 11.3 Å². The number of rotatable bonds is 7. The fraction of sp³-hybridized carbons (Fsp3) is 0.706. The lowest BCUT2D eigenvalue weighted by atomic mass is 10.0. The van der Waals surface area contributed by atoms with E-state index >= 15 is 0 Å². The summed E-state index contributed by atoms with van der Waals surface area (Å²) in [6.45, 7) is 8.82. The Kier molecular flexibility index (Phi) is 5.63. The van der Waals surface area contributed by atoms with E-state index in [9.17, 15) is 4.79 Å². The number of amides is 1. The second-order valence-corrected chi connectivity index (χ2v) is 6.51.